The van der Waals surface area contributed by atoms with Crippen LogP contribution in [0.1, 0.15) is 29.1 Å². The first-order valence-corrected chi connectivity index (χ1v) is 8.05. The molecule has 1 amide bonds. The molecule has 0 radical (unpaired) electrons. The van der Waals surface area contributed by atoms with Crippen LogP contribution < -0.4 is 5.32 Å². The van der Waals surface area contributed by atoms with Gasteiger partial charge in [0.15, 0.2) is 5.78 Å². The number of carbonyl (C=O) groups is 2. The summed E-state index contributed by atoms with van der Waals surface area (Å²) in [5.41, 5.74) is 1.17. The molecule has 0 fully saturated rings. The van der Waals surface area contributed by atoms with Crippen molar-refractivity contribution in [3.05, 3.63) is 71.9 Å². The molecule has 0 unspecified atom stereocenters. The van der Waals surface area contributed by atoms with E-state index in [-0.39, 0.29) is 37.0 Å². The molecule has 7 heteroatoms. The van der Waals surface area contributed by atoms with Gasteiger partial charge in [-0.1, -0.05) is 18.2 Å². The molecule has 26 heavy (non-hydrogen) atoms. The van der Waals surface area contributed by atoms with Gasteiger partial charge in [0.25, 0.3) is 0 Å². The number of nitrogens with one attached hydrogen (secondary N) is 1. The Morgan fingerprint density at radius 2 is 1.69 bits per heavy atom. The zero-order valence-electron chi connectivity index (χ0n) is 13.8. The molecule has 0 atom stereocenters. The third-order valence-corrected chi connectivity index (χ3v) is 3.67. The predicted molar refractivity (Wildman–Crippen MR) is 91.5 cm³/mol. The maximum Gasteiger partial charge on any atom is 0.247 e. The van der Waals surface area contributed by atoms with Crippen LogP contribution in [-0.2, 0) is 11.3 Å². The smallest absolute Gasteiger partial charge is 0.247 e. The second-order valence-electron chi connectivity index (χ2n) is 5.57. The number of hydrogen-bond acceptors (Lipinski definition) is 5. The normalized spacial score (nSPS) is 10.5. The molecule has 0 aliphatic carbocycles. The molecule has 1 N–H and O–H groups in total. The van der Waals surface area contributed by atoms with Crippen LogP contribution in [-0.4, -0.2) is 21.9 Å². The Bertz CT molecular complexity index is 892. The van der Waals surface area contributed by atoms with E-state index < -0.39 is 5.82 Å². The topological polar surface area (TPSA) is 85.1 Å². The molecule has 1 aromatic heterocycles. The van der Waals surface area contributed by atoms with Gasteiger partial charge in [-0.25, -0.2) is 4.39 Å². The largest absolute Gasteiger partial charge is 0.419 e. The Balaban J connectivity index is 1.46. The van der Waals surface area contributed by atoms with Gasteiger partial charge in [0.2, 0.25) is 17.7 Å². The third-order valence-electron chi connectivity index (χ3n) is 3.67. The van der Waals surface area contributed by atoms with Gasteiger partial charge in [-0.2, -0.15) is 0 Å². The first-order chi connectivity index (χ1) is 12.6. The molecule has 0 aliphatic heterocycles. The van der Waals surface area contributed by atoms with E-state index in [9.17, 15) is 14.0 Å². The molecular weight excluding hydrogens is 337 g/mol. The van der Waals surface area contributed by atoms with Crippen LogP contribution in [0.2, 0.25) is 0 Å². The number of ketones is 1. The number of amides is 1. The van der Waals surface area contributed by atoms with E-state index in [2.05, 4.69) is 15.5 Å². The molecule has 0 saturated heterocycles. The van der Waals surface area contributed by atoms with E-state index >= 15 is 0 Å². The van der Waals surface area contributed by atoms with Crippen LogP contribution in [0.4, 0.5) is 4.39 Å². The number of Topliss-reactive ketones (excluding diaryl/α,β-unsaturated/α-hetero) is 1. The maximum atomic E-state index is 12.8. The summed E-state index contributed by atoms with van der Waals surface area (Å²) in [5.74, 6) is -0.277. The van der Waals surface area contributed by atoms with E-state index in [0.29, 0.717) is 11.5 Å². The number of rotatable bonds is 7. The molecule has 3 rings (SSSR count). The lowest BCUT2D eigenvalue weighted by Gasteiger charge is -2.03. The maximum absolute atomic E-state index is 12.8. The summed E-state index contributed by atoms with van der Waals surface area (Å²) in [7, 11) is 0. The minimum absolute atomic E-state index is 0.0237. The molecule has 6 nitrogen and oxygen atoms in total. The first-order valence-electron chi connectivity index (χ1n) is 8.05. The molecule has 2 aromatic carbocycles. The summed E-state index contributed by atoms with van der Waals surface area (Å²) in [6.07, 6.45) is 0.0620. The second kappa shape index (κ2) is 8.15. The predicted octanol–water partition coefficient (Wildman–Crippen LogP) is 3.16. The second-order valence-corrected chi connectivity index (χ2v) is 5.57. The van der Waals surface area contributed by atoms with Crippen LogP contribution in [0.3, 0.4) is 0 Å². The van der Waals surface area contributed by atoms with Crippen molar-refractivity contribution >= 4 is 11.7 Å². The van der Waals surface area contributed by atoms with Gasteiger partial charge in [-0.15, -0.1) is 10.2 Å². The molecule has 3 aromatic rings. The van der Waals surface area contributed by atoms with Crippen LogP contribution >= 0.6 is 0 Å². The fourth-order valence-corrected chi connectivity index (χ4v) is 2.29. The van der Waals surface area contributed by atoms with Crippen LogP contribution in [0.15, 0.2) is 59.0 Å². The Labute approximate surface area is 149 Å². The summed E-state index contributed by atoms with van der Waals surface area (Å²) in [6.45, 7) is 0.0867. The Morgan fingerprint density at radius 1 is 0.962 bits per heavy atom. The van der Waals surface area contributed by atoms with Gasteiger partial charge in [0, 0.05) is 24.0 Å². The molecule has 0 spiro atoms. The molecule has 0 bridgehead atoms. The Morgan fingerprint density at radius 3 is 2.42 bits per heavy atom. The standard InChI is InChI=1S/C19H16FN3O3/c20-15-8-6-13(7-9-15)16(24)10-11-17(25)21-12-18-22-23-19(26-18)14-4-2-1-3-5-14/h1-9H,10-12H2,(H,21,25). The Hall–Kier alpha value is -3.35. The van der Waals surface area contributed by atoms with Gasteiger partial charge in [0.05, 0.1) is 6.54 Å². The van der Waals surface area contributed by atoms with Crippen molar-refractivity contribution in [3.8, 4) is 11.5 Å². The van der Waals surface area contributed by atoms with Crippen LogP contribution in [0, 0.1) is 5.82 Å². The number of nitrogens with zero attached hydrogens (tertiary/aromatic N) is 2. The van der Waals surface area contributed by atoms with Gasteiger partial charge in [-0.3, -0.25) is 9.59 Å². The number of aromatic nitrogens is 2. The average molecular weight is 353 g/mol. The van der Waals surface area contributed by atoms with E-state index in [1.54, 1.807) is 0 Å². The molecule has 1 heterocycles. The first kappa shape index (κ1) is 17.5. The fraction of sp³-hybridized carbons (Fsp3) is 0.158. The summed E-state index contributed by atoms with van der Waals surface area (Å²) in [6, 6.07) is 14.5. The number of hydrogen-bond donors (Lipinski definition) is 1. The van der Waals surface area contributed by atoms with Gasteiger partial charge < -0.3 is 9.73 Å². The van der Waals surface area contributed by atoms with E-state index in [1.165, 1.54) is 24.3 Å². The average Bonchev–Trinajstić information content (AvgIpc) is 3.15. The van der Waals surface area contributed by atoms with Crippen molar-refractivity contribution in [1.82, 2.24) is 15.5 Å². The Kier molecular flexibility index (Phi) is 5.48. The summed E-state index contributed by atoms with van der Waals surface area (Å²) >= 11 is 0. The highest BCUT2D eigenvalue weighted by Gasteiger charge is 2.12. The van der Waals surface area contributed by atoms with Gasteiger partial charge >= 0.3 is 0 Å². The lowest BCUT2D eigenvalue weighted by molar-refractivity contribution is -0.121. The SMILES string of the molecule is O=C(CCC(=O)c1ccc(F)cc1)NCc1nnc(-c2ccccc2)o1. The van der Waals surface area contributed by atoms with Crippen LogP contribution in [0.25, 0.3) is 11.5 Å². The van der Waals surface area contributed by atoms with Gasteiger partial charge in [-0.05, 0) is 36.4 Å². The monoisotopic (exact) mass is 353 g/mol. The number of carbonyl (C=O) groups excluding carboxylic acids is 2. The fourth-order valence-electron chi connectivity index (χ4n) is 2.29. The summed E-state index contributed by atoms with van der Waals surface area (Å²) in [5, 5.41) is 10.4. The molecular formula is C19H16FN3O3. The van der Waals surface area contributed by atoms with E-state index in [1.807, 2.05) is 30.3 Å². The minimum Gasteiger partial charge on any atom is -0.419 e. The zero-order chi connectivity index (χ0) is 18.4. The third kappa shape index (κ3) is 4.60. The zero-order valence-corrected chi connectivity index (χ0v) is 13.8. The minimum atomic E-state index is -0.409. The van der Waals surface area contributed by atoms with Crippen molar-refractivity contribution in [2.75, 3.05) is 0 Å². The van der Waals surface area contributed by atoms with Crippen molar-refractivity contribution in [3.63, 3.8) is 0 Å². The summed E-state index contributed by atoms with van der Waals surface area (Å²) < 4.78 is 18.3. The van der Waals surface area contributed by atoms with Gasteiger partial charge in [0.1, 0.15) is 5.82 Å². The highest BCUT2D eigenvalue weighted by atomic mass is 19.1. The van der Waals surface area contributed by atoms with Crippen molar-refractivity contribution in [2.45, 2.75) is 19.4 Å². The van der Waals surface area contributed by atoms with Crippen LogP contribution in [0.5, 0.6) is 0 Å². The molecule has 0 saturated carbocycles. The summed E-state index contributed by atoms with van der Waals surface area (Å²) in [4.78, 5) is 23.8. The quantitative estimate of drug-likeness (QED) is 0.660. The van der Waals surface area contributed by atoms with E-state index in [0.717, 1.165) is 5.56 Å². The van der Waals surface area contributed by atoms with Crippen molar-refractivity contribution < 1.29 is 18.4 Å². The highest BCUT2D eigenvalue weighted by Crippen LogP contribution is 2.16. The number of benzene rings is 2. The lowest BCUT2D eigenvalue weighted by atomic mass is 10.1. The van der Waals surface area contributed by atoms with Crippen molar-refractivity contribution in [2.24, 2.45) is 0 Å². The molecule has 0 aliphatic rings. The number of halogens is 1. The lowest BCUT2D eigenvalue weighted by Crippen LogP contribution is -2.23. The highest BCUT2D eigenvalue weighted by molar-refractivity contribution is 5.97. The van der Waals surface area contributed by atoms with Crippen molar-refractivity contribution in [1.29, 1.82) is 0 Å². The molecule has 132 valence electrons. The van der Waals surface area contributed by atoms with E-state index in [4.69, 9.17) is 4.42 Å².